The van der Waals surface area contributed by atoms with Crippen LogP contribution in [0.25, 0.3) is 0 Å². The first-order valence-electron chi connectivity index (χ1n) is 6.25. The van der Waals surface area contributed by atoms with Crippen LogP contribution in [0.4, 0.5) is 0 Å². The van der Waals surface area contributed by atoms with Crippen molar-refractivity contribution in [2.24, 2.45) is 5.92 Å². The molecule has 1 saturated carbocycles. The molecule has 1 aliphatic carbocycles. The van der Waals surface area contributed by atoms with Gasteiger partial charge in [-0.1, -0.05) is 19.3 Å². The van der Waals surface area contributed by atoms with Crippen molar-refractivity contribution in [3.8, 4) is 0 Å². The van der Waals surface area contributed by atoms with Crippen LogP contribution < -0.4 is 5.32 Å². The third-order valence-electron chi connectivity index (χ3n) is 3.11. The van der Waals surface area contributed by atoms with Crippen LogP contribution in [0, 0.1) is 5.92 Å². The Kier molecular flexibility index (Phi) is 6.98. The van der Waals surface area contributed by atoms with E-state index in [0.717, 1.165) is 25.5 Å². The van der Waals surface area contributed by atoms with E-state index < -0.39 is 0 Å². The van der Waals surface area contributed by atoms with E-state index >= 15 is 0 Å². The highest BCUT2D eigenvalue weighted by Crippen LogP contribution is 2.30. The zero-order valence-corrected chi connectivity index (χ0v) is 9.87. The van der Waals surface area contributed by atoms with Crippen LogP contribution >= 0.6 is 0 Å². The number of rotatable bonds is 9. The highest BCUT2D eigenvalue weighted by atomic mass is 16.5. The molecule has 0 saturated heterocycles. The van der Waals surface area contributed by atoms with E-state index in [1.807, 2.05) is 0 Å². The lowest BCUT2D eigenvalue weighted by Gasteiger charge is -2.28. The molecule has 0 bridgehead atoms. The fraction of sp³-hybridized carbons (Fsp3) is 1.00. The Morgan fingerprint density at radius 3 is 2.80 bits per heavy atom. The summed E-state index contributed by atoms with van der Waals surface area (Å²) in [5.41, 5.74) is 0. The zero-order valence-electron chi connectivity index (χ0n) is 9.87. The van der Waals surface area contributed by atoms with Crippen molar-refractivity contribution in [2.45, 2.75) is 45.1 Å². The predicted octanol–water partition coefficient (Wildman–Crippen LogP) is 1.55. The lowest BCUT2D eigenvalue weighted by atomic mass is 9.81. The molecule has 1 aliphatic rings. The summed E-state index contributed by atoms with van der Waals surface area (Å²) in [7, 11) is 0. The number of aliphatic hydroxyl groups is 1. The third-order valence-corrected chi connectivity index (χ3v) is 3.11. The van der Waals surface area contributed by atoms with Crippen molar-refractivity contribution in [3.63, 3.8) is 0 Å². The Bertz CT molecular complexity index is 149. The molecule has 0 heterocycles. The molecule has 0 aromatic rings. The lowest BCUT2D eigenvalue weighted by Crippen LogP contribution is -2.31. The second-order valence-corrected chi connectivity index (χ2v) is 4.58. The van der Waals surface area contributed by atoms with Gasteiger partial charge in [0.05, 0.1) is 13.2 Å². The molecule has 15 heavy (non-hydrogen) atoms. The number of nitrogens with one attached hydrogen (secondary N) is 1. The molecule has 0 aromatic carbocycles. The molecule has 3 nitrogen and oxygen atoms in total. The van der Waals surface area contributed by atoms with Gasteiger partial charge in [-0.05, 0) is 32.2 Å². The average Bonchev–Trinajstić information content (AvgIpc) is 2.17. The van der Waals surface area contributed by atoms with Crippen LogP contribution in [-0.2, 0) is 4.74 Å². The molecular weight excluding hydrogens is 190 g/mol. The highest BCUT2D eigenvalue weighted by Gasteiger charge is 2.19. The average molecular weight is 215 g/mol. The van der Waals surface area contributed by atoms with Crippen LogP contribution in [0.1, 0.15) is 39.0 Å². The maximum Gasteiger partial charge on any atom is 0.0697 e. The van der Waals surface area contributed by atoms with Gasteiger partial charge in [0.25, 0.3) is 0 Å². The summed E-state index contributed by atoms with van der Waals surface area (Å²) in [6.45, 7) is 4.65. The van der Waals surface area contributed by atoms with Crippen LogP contribution in [-0.4, -0.2) is 37.5 Å². The minimum Gasteiger partial charge on any atom is -0.394 e. The van der Waals surface area contributed by atoms with Crippen LogP contribution in [0.2, 0.25) is 0 Å². The summed E-state index contributed by atoms with van der Waals surface area (Å²) >= 11 is 0. The quantitative estimate of drug-likeness (QED) is 0.573. The zero-order chi connectivity index (χ0) is 10.9. The van der Waals surface area contributed by atoms with E-state index in [9.17, 15) is 0 Å². The normalized spacial score (nSPS) is 18.8. The van der Waals surface area contributed by atoms with Gasteiger partial charge in [-0.15, -0.1) is 0 Å². The smallest absolute Gasteiger partial charge is 0.0697 e. The van der Waals surface area contributed by atoms with Gasteiger partial charge in [0.1, 0.15) is 0 Å². The first-order chi connectivity index (χ1) is 7.33. The molecule has 1 unspecified atom stereocenters. The lowest BCUT2D eigenvalue weighted by molar-refractivity contribution is 0.0902. The molecular formula is C12H25NO2. The number of ether oxygens (including phenoxy) is 1. The van der Waals surface area contributed by atoms with Crippen molar-refractivity contribution >= 4 is 0 Å². The molecule has 0 aromatic heterocycles. The van der Waals surface area contributed by atoms with Crippen molar-refractivity contribution < 1.29 is 9.84 Å². The van der Waals surface area contributed by atoms with Gasteiger partial charge >= 0.3 is 0 Å². The topological polar surface area (TPSA) is 41.5 Å². The first-order valence-corrected chi connectivity index (χ1v) is 6.25. The van der Waals surface area contributed by atoms with Crippen molar-refractivity contribution in [1.29, 1.82) is 0 Å². The van der Waals surface area contributed by atoms with Gasteiger partial charge < -0.3 is 15.2 Å². The summed E-state index contributed by atoms with van der Waals surface area (Å²) in [6, 6.07) is 0.646. The van der Waals surface area contributed by atoms with E-state index in [1.165, 1.54) is 25.7 Å². The summed E-state index contributed by atoms with van der Waals surface area (Å²) in [4.78, 5) is 0. The van der Waals surface area contributed by atoms with E-state index in [4.69, 9.17) is 9.84 Å². The molecule has 1 fully saturated rings. The number of aliphatic hydroxyl groups excluding tert-OH is 1. The summed E-state index contributed by atoms with van der Waals surface area (Å²) in [5, 5.41) is 12.0. The van der Waals surface area contributed by atoms with Gasteiger partial charge in [-0.3, -0.25) is 0 Å². The number of hydrogen-bond donors (Lipinski definition) is 2. The Balaban J connectivity index is 1.81. The van der Waals surface area contributed by atoms with Crippen LogP contribution in [0.5, 0.6) is 0 Å². The second kappa shape index (κ2) is 8.08. The summed E-state index contributed by atoms with van der Waals surface area (Å²) in [6.07, 6.45) is 6.68. The molecule has 90 valence electrons. The Morgan fingerprint density at radius 1 is 1.40 bits per heavy atom. The molecule has 1 atom stereocenters. The Hall–Kier alpha value is -0.120. The largest absolute Gasteiger partial charge is 0.394 e. The SMILES string of the molecule is CC(CC1CCC1)NCCCOCCO. The molecule has 0 spiro atoms. The predicted molar refractivity (Wildman–Crippen MR) is 61.9 cm³/mol. The Morgan fingerprint density at radius 2 is 2.20 bits per heavy atom. The maximum absolute atomic E-state index is 8.50. The molecule has 3 heteroatoms. The molecule has 1 rings (SSSR count). The first kappa shape index (κ1) is 12.9. The summed E-state index contributed by atoms with van der Waals surface area (Å²) in [5.74, 6) is 0.984. The Labute approximate surface area is 93.2 Å². The van der Waals surface area contributed by atoms with Gasteiger partial charge in [0.2, 0.25) is 0 Å². The van der Waals surface area contributed by atoms with E-state index in [-0.39, 0.29) is 6.61 Å². The minimum atomic E-state index is 0.130. The van der Waals surface area contributed by atoms with E-state index in [0.29, 0.717) is 12.6 Å². The number of hydrogen-bond acceptors (Lipinski definition) is 3. The van der Waals surface area contributed by atoms with E-state index in [2.05, 4.69) is 12.2 Å². The third kappa shape index (κ3) is 6.13. The fourth-order valence-corrected chi connectivity index (χ4v) is 2.00. The van der Waals surface area contributed by atoms with Crippen LogP contribution in [0.3, 0.4) is 0 Å². The van der Waals surface area contributed by atoms with Gasteiger partial charge in [-0.25, -0.2) is 0 Å². The van der Waals surface area contributed by atoms with Gasteiger partial charge in [0, 0.05) is 12.6 Å². The van der Waals surface area contributed by atoms with Gasteiger partial charge in [0.15, 0.2) is 0 Å². The van der Waals surface area contributed by atoms with E-state index in [1.54, 1.807) is 0 Å². The van der Waals surface area contributed by atoms with Crippen molar-refractivity contribution in [1.82, 2.24) is 5.32 Å². The molecule has 0 amide bonds. The van der Waals surface area contributed by atoms with Gasteiger partial charge in [-0.2, -0.15) is 0 Å². The minimum absolute atomic E-state index is 0.130. The summed E-state index contributed by atoms with van der Waals surface area (Å²) < 4.78 is 5.19. The van der Waals surface area contributed by atoms with Crippen molar-refractivity contribution in [3.05, 3.63) is 0 Å². The highest BCUT2D eigenvalue weighted by molar-refractivity contribution is 4.74. The second-order valence-electron chi connectivity index (χ2n) is 4.58. The standard InChI is InChI=1S/C12H25NO2/c1-11(10-12-4-2-5-12)13-6-3-8-15-9-7-14/h11-14H,2-10H2,1H3. The maximum atomic E-state index is 8.50. The molecule has 0 aliphatic heterocycles. The molecule has 2 N–H and O–H groups in total. The van der Waals surface area contributed by atoms with Crippen LogP contribution in [0.15, 0.2) is 0 Å². The monoisotopic (exact) mass is 215 g/mol. The molecule has 0 radical (unpaired) electrons. The van der Waals surface area contributed by atoms with Crippen molar-refractivity contribution in [2.75, 3.05) is 26.4 Å². The fourth-order valence-electron chi connectivity index (χ4n) is 2.00.